The molecule has 5 nitrogen and oxygen atoms in total. The molecule has 1 heterocycles. The summed E-state index contributed by atoms with van der Waals surface area (Å²) in [7, 11) is 1.96. The van der Waals surface area contributed by atoms with Crippen molar-refractivity contribution in [3.05, 3.63) is 5.28 Å². The summed E-state index contributed by atoms with van der Waals surface area (Å²) in [5.74, 6) is 1.14. The van der Waals surface area contributed by atoms with Crippen molar-refractivity contribution in [2.45, 2.75) is 26.7 Å². The molecule has 1 aromatic rings. The molecule has 0 spiro atoms. The van der Waals surface area contributed by atoms with Gasteiger partial charge in [-0.2, -0.15) is 15.0 Å². The van der Waals surface area contributed by atoms with E-state index in [1.807, 2.05) is 18.9 Å². The molecular weight excluding hydrogens is 226 g/mol. The Kier molecular flexibility index (Phi) is 5.25. The van der Waals surface area contributed by atoms with Crippen LogP contribution in [-0.4, -0.2) is 35.1 Å². The van der Waals surface area contributed by atoms with E-state index < -0.39 is 0 Å². The summed E-state index contributed by atoms with van der Waals surface area (Å²) in [5, 5.41) is 3.25. The minimum Gasteiger partial charge on any atom is -0.354 e. The van der Waals surface area contributed by atoms with Crippen LogP contribution >= 0.6 is 11.6 Å². The Bertz CT molecular complexity index is 331. The Morgan fingerprint density at radius 2 is 2.00 bits per heavy atom. The Morgan fingerprint density at radius 3 is 2.62 bits per heavy atom. The second-order valence-corrected chi connectivity index (χ2v) is 3.87. The van der Waals surface area contributed by atoms with Crippen LogP contribution in [0.1, 0.15) is 26.7 Å². The lowest BCUT2D eigenvalue weighted by Gasteiger charge is -2.16. The van der Waals surface area contributed by atoms with Crippen LogP contribution in [0.5, 0.6) is 0 Å². The van der Waals surface area contributed by atoms with Crippen molar-refractivity contribution in [1.82, 2.24) is 15.0 Å². The Balaban J connectivity index is 2.78. The predicted molar refractivity (Wildman–Crippen MR) is 67.2 cm³/mol. The molecule has 1 N–H and O–H groups in total. The Morgan fingerprint density at radius 1 is 1.25 bits per heavy atom. The van der Waals surface area contributed by atoms with E-state index in [0.29, 0.717) is 11.9 Å². The molecule has 16 heavy (non-hydrogen) atoms. The van der Waals surface area contributed by atoms with Crippen molar-refractivity contribution < 1.29 is 0 Å². The third-order valence-electron chi connectivity index (χ3n) is 2.12. The molecule has 1 rings (SSSR count). The van der Waals surface area contributed by atoms with Gasteiger partial charge in [-0.05, 0) is 24.9 Å². The SMILES string of the molecule is CCCCN(C)c1nc(Cl)nc(NCC)n1. The summed E-state index contributed by atoms with van der Waals surface area (Å²) in [4.78, 5) is 14.4. The fraction of sp³-hybridized carbons (Fsp3) is 0.700. The van der Waals surface area contributed by atoms with Crippen molar-refractivity contribution in [2.24, 2.45) is 0 Å². The standard InChI is InChI=1S/C10H18ClN5/c1-4-6-7-16(3)10-14-8(11)13-9(15-10)12-5-2/h4-7H2,1-3H3,(H,12,13,14,15). The first-order valence-electron chi connectivity index (χ1n) is 5.54. The average Bonchev–Trinajstić information content (AvgIpc) is 2.25. The van der Waals surface area contributed by atoms with Gasteiger partial charge >= 0.3 is 0 Å². The molecule has 0 unspecified atom stereocenters. The van der Waals surface area contributed by atoms with Gasteiger partial charge in [-0.3, -0.25) is 0 Å². The predicted octanol–water partition coefficient (Wildman–Crippen LogP) is 2.19. The maximum absolute atomic E-state index is 5.83. The van der Waals surface area contributed by atoms with E-state index in [1.54, 1.807) is 0 Å². The van der Waals surface area contributed by atoms with Crippen LogP contribution in [0.3, 0.4) is 0 Å². The second kappa shape index (κ2) is 6.48. The van der Waals surface area contributed by atoms with E-state index in [9.17, 15) is 0 Å². The molecule has 90 valence electrons. The summed E-state index contributed by atoms with van der Waals surface area (Å²) in [6.45, 7) is 5.82. The minimum atomic E-state index is 0.226. The molecule has 0 aliphatic rings. The zero-order chi connectivity index (χ0) is 12.0. The van der Waals surface area contributed by atoms with Crippen LogP contribution in [0, 0.1) is 0 Å². The number of halogens is 1. The average molecular weight is 244 g/mol. The third kappa shape index (κ3) is 3.81. The molecule has 0 amide bonds. The van der Waals surface area contributed by atoms with Crippen LogP contribution in [0.2, 0.25) is 5.28 Å². The maximum Gasteiger partial charge on any atom is 0.231 e. The van der Waals surface area contributed by atoms with E-state index in [-0.39, 0.29) is 5.28 Å². The van der Waals surface area contributed by atoms with Crippen molar-refractivity contribution in [3.63, 3.8) is 0 Å². The highest BCUT2D eigenvalue weighted by molar-refractivity contribution is 6.28. The molecule has 0 aromatic carbocycles. The highest BCUT2D eigenvalue weighted by Gasteiger charge is 2.08. The third-order valence-corrected chi connectivity index (χ3v) is 2.29. The highest BCUT2D eigenvalue weighted by Crippen LogP contribution is 2.12. The minimum absolute atomic E-state index is 0.226. The first-order chi connectivity index (χ1) is 7.67. The number of hydrogen-bond donors (Lipinski definition) is 1. The largest absolute Gasteiger partial charge is 0.354 e. The van der Waals surface area contributed by atoms with Crippen molar-refractivity contribution >= 4 is 23.5 Å². The van der Waals surface area contributed by atoms with Gasteiger partial charge in [-0.1, -0.05) is 13.3 Å². The van der Waals surface area contributed by atoms with Gasteiger partial charge in [0, 0.05) is 20.1 Å². The molecule has 0 aliphatic heterocycles. The van der Waals surface area contributed by atoms with Crippen LogP contribution in [0.4, 0.5) is 11.9 Å². The molecule has 6 heteroatoms. The van der Waals surface area contributed by atoms with Crippen LogP contribution in [-0.2, 0) is 0 Å². The second-order valence-electron chi connectivity index (χ2n) is 3.53. The van der Waals surface area contributed by atoms with Gasteiger partial charge in [0.2, 0.25) is 17.2 Å². The number of rotatable bonds is 6. The van der Waals surface area contributed by atoms with Gasteiger partial charge in [0.15, 0.2) is 0 Å². The van der Waals surface area contributed by atoms with Gasteiger partial charge in [0.05, 0.1) is 0 Å². The van der Waals surface area contributed by atoms with Gasteiger partial charge in [-0.15, -0.1) is 0 Å². The number of hydrogen-bond acceptors (Lipinski definition) is 5. The maximum atomic E-state index is 5.83. The highest BCUT2D eigenvalue weighted by atomic mass is 35.5. The number of anilines is 2. The molecule has 0 radical (unpaired) electrons. The van der Waals surface area contributed by atoms with Crippen molar-refractivity contribution in [3.8, 4) is 0 Å². The lowest BCUT2D eigenvalue weighted by molar-refractivity contribution is 0.747. The zero-order valence-electron chi connectivity index (χ0n) is 10.00. The van der Waals surface area contributed by atoms with Gasteiger partial charge in [-0.25, -0.2) is 0 Å². The molecule has 0 fully saturated rings. The molecule has 0 atom stereocenters. The Labute approximate surface area is 101 Å². The lowest BCUT2D eigenvalue weighted by Crippen LogP contribution is -2.22. The Hall–Kier alpha value is -1.10. The molecule has 0 saturated heterocycles. The smallest absolute Gasteiger partial charge is 0.231 e. The number of nitrogens with one attached hydrogen (secondary N) is 1. The van der Waals surface area contributed by atoms with E-state index in [2.05, 4.69) is 27.2 Å². The van der Waals surface area contributed by atoms with Gasteiger partial charge in [0.25, 0.3) is 0 Å². The van der Waals surface area contributed by atoms with Crippen molar-refractivity contribution in [1.29, 1.82) is 0 Å². The van der Waals surface area contributed by atoms with Crippen LogP contribution in [0.15, 0.2) is 0 Å². The summed E-state index contributed by atoms with van der Waals surface area (Å²) in [6, 6.07) is 0. The van der Waals surface area contributed by atoms with E-state index in [4.69, 9.17) is 11.6 Å². The summed E-state index contributed by atoms with van der Waals surface area (Å²) < 4.78 is 0. The molecule has 0 bridgehead atoms. The lowest BCUT2D eigenvalue weighted by atomic mass is 10.3. The topological polar surface area (TPSA) is 53.9 Å². The number of nitrogens with zero attached hydrogens (tertiary/aromatic N) is 4. The summed E-state index contributed by atoms with van der Waals surface area (Å²) >= 11 is 5.83. The van der Waals surface area contributed by atoms with E-state index in [1.165, 1.54) is 0 Å². The van der Waals surface area contributed by atoms with Crippen LogP contribution in [0.25, 0.3) is 0 Å². The molecule has 1 aromatic heterocycles. The first kappa shape index (κ1) is 13.0. The zero-order valence-corrected chi connectivity index (χ0v) is 10.8. The fourth-order valence-corrected chi connectivity index (χ4v) is 1.40. The fourth-order valence-electron chi connectivity index (χ4n) is 1.24. The summed E-state index contributed by atoms with van der Waals surface area (Å²) in [5.41, 5.74) is 0. The van der Waals surface area contributed by atoms with Crippen molar-refractivity contribution in [2.75, 3.05) is 30.4 Å². The normalized spacial score (nSPS) is 10.2. The van der Waals surface area contributed by atoms with E-state index >= 15 is 0 Å². The number of aromatic nitrogens is 3. The summed E-state index contributed by atoms with van der Waals surface area (Å²) in [6.07, 6.45) is 2.25. The van der Waals surface area contributed by atoms with Crippen LogP contribution < -0.4 is 10.2 Å². The number of unbranched alkanes of at least 4 members (excludes halogenated alkanes) is 1. The monoisotopic (exact) mass is 243 g/mol. The first-order valence-corrected chi connectivity index (χ1v) is 5.91. The quantitative estimate of drug-likeness (QED) is 0.830. The molecule has 0 saturated carbocycles. The van der Waals surface area contributed by atoms with Gasteiger partial charge < -0.3 is 10.2 Å². The van der Waals surface area contributed by atoms with E-state index in [0.717, 1.165) is 25.9 Å². The molecular formula is C10H18ClN5. The van der Waals surface area contributed by atoms with Gasteiger partial charge in [0.1, 0.15) is 0 Å². The molecule has 0 aliphatic carbocycles.